The molecule has 0 aliphatic rings. The first-order valence-electron chi connectivity index (χ1n) is 11.5. The van der Waals surface area contributed by atoms with Gasteiger partial charge in [-0.25, -0.2) is 9.78 Å². The monoisotopic (exact) mass is 404 g/mol. The normalized spacial score (nSPS) is 10.7. The Labute approximate surface area is 177 Å². The third-order valence-corrected chi connectivity index (χ3v) is 5.19. The van der Waals surface area contributed by atoms with Gasteiger partial charge in [0.25, 0.3) is 5.91 Å². The van der Waals surface area contributed by atoms with Gasteiger partial charge in [-0.3, -0.25) is 4.79 Å². The zero-order chi connectivity index (χ0) is 21.2. The molecule has 1 N–H and O–H groups in total. The molecule has 0 unspecified atom stereocenters. The first-order valence-corrected chi connectivity index (χ1v) is 11.5. The van der Waals surface area contributed by atoms with E-state index in [1.807, 2.05) is 0 Å². The summed E-state index contributed by atoms with van der Waals surface area (Å²) in [6.45, 7) is 2.91. The van der Waals surface area contributed by atoms with Gasteiger partial charge in [0, 0.05) is 6.54 Å². The van der Waals surface area contributed by atoms with E-state index in [1.165, 1.54) is 90.2 Å². The van der Waals surface area contributed by atoms with Crippen LogP contribution >= 0.6 is 0 Å². The zero-order valence-corrected chi connectivity index (χ0v) is 18.5. The Morgan fingerprint density at radius 1 is 0.793 bits per heavy atom. The first-order chi connectivity index (χ1) is 14.2. The van der Waals surface area contributed by atoms with E-state index in [1.54, 1.807) is 12.1 Å². The Balaban J connectivity index is 1.96. The number of carbonyl (C=O) groups is 2. The SMILES string of the molecule is CCCCCCCCCCCCCCCCNC(=O)c1cccc(C(=O)OC)n1. The Bertz CT molecular complexity index is 575. The summed E-state index contributed by atoms with van der Waals surface area (Å²) in [5, 5.41) is 2.87. The van der Waals surface area contributed by atoms with Crippen molar-refractivity contribution < 1.29 is 14.3 Å². The summed E-state index contributed by atoms with van der Waals surface area (Å²) in [7, 11) is 1.30. The Hall–Kier alpha value is -1.91. The average Bonchev–Trinajstić information content (AvgIpc) is 2.75. The number of hydrogen-bond donors (Lipinski definition) is 1. The Morgan fingerprint density at radius 3 is 1.79 bits per heavy atom. The molecule has 0 bridgehead atoms. The van der Waals surface area contributed by atoms with Crippen LogP contribution in [0, 0.1) is 0 Å². The minimum Gasteiger partial charge on any atom is -0.464 e. The summed E-state index contributed by atoms with van der Waals surface area (Å²) >= 11 is 0. The molecule has 1 amide bonds. The molecule has 0 atom stereocenters. The van der Waals surface area contributed by atoms with E-state index in [4.69, 9.17) is 0 Å². The number of amides is 1. The molecule has 5 nitrogen and oxygen atoms in total. The van der Waals surface area contributed by atoms with Crippen LogP contribution in [0.5, 0.6) is 0 Å². The summed E-state index contributed by atoms with van der Waals surface area (Å²) in [5.41, 5.74) is 0.398. The number of nitrogens with one attached hydrogen (secondary N) is 1. The zero-order valence-electron chi connectivity index (χ0n) is 18.5. The fourth-order valence-corrected chi connectivity index (χ4v) is 3.39. The number of aromatic nitrogens is 1. The van der Waals surface area contributed by atoms with Crippen molar-refractivity contribution in [1.29, 1.82) is 0 Å². The highest BCUT2D eigenvalue weighted by molar-refractivity contribution is 5.94. The van der Waals surface area contributed by atoms with Crippen LogP contribution in [0.25, 0.3) is 0 Å². The van der Waals surface area contributed by atoms with E-state index in [0.717, 1.165) is 12.8 Å². The highest BCUT2D eigenvalue weighted by Crippen LogP contribution is 2.12. The van der Waals surface area contributed by atoms with Crippen LogP contribution in [0.4, 0.5) is 0 Å². The molecule has 0 spiro atoms. The van der Waals surface area contributed by atoms with Crippen molar-refractivity contribution in [3.05, 3.63) is 29.6 Å². The number of carbonyl (C=O) groups excluding carboxylic acids is 2. The van der Waals surface area contributed by atoms with Gasteiger partial charge in [0.05, 0.1) is 7.11 Å². The average molecular weight is 405 g/mol. The third-order valence-electron chi connectivity index (χ3n) is 5.19. The van der Waals surface area contributed by atoms with Gasteiger partial charge in [-0.2, -0.15) is 0 Å². The van der Waals surface area contributed by atoms with Gasteiger partial charge in [0.1, 0.15) is 11.4 Å². The molecule has 0 fully saturated rings. The van der Waals surface area contributed by atoms with Crippen molar-refractivity contribution in [2.75, 3.05) is 13.7 Å². The highest BCUT2D eigenvalue weighted by atomic mass is 16.5. The highest BCUT2D eigenvalue weighted by Gasteiger charge is 2.11. The lowest BCUT2D eigenvalue weighted by Crippen LogP contribution is -2.26. The molecule has 1 heterocycles. The van der Waals surface area contributed by atoms with E-state index in [-0.39, 0.29) is 17.3 Å². The second-order valence-electron chi connectivity index (χ2n) is 7.75. The molecule has 1 aromatic rings. The quantitative estimate of drug-likeness (QED) is 0.252. The molecule has 1 rings (SSSR count). The standard InChI is InChI=1S/C24H40N2O3/c1-3-4-5-6-7-8-9-10-11-12-13-14-15-16-20-25-23(27)21-18-17-19-22(26-21)24(28)29-2/h17-19H,3-16,20H2,1-2H3,(H,25,27). The van der Waals surface area contributed by atoms with E-state index in [0.29, 0.717) is 6.54 Å². The minimum atomic E-state index is -0.536. The third kappa shape index (κ3) is 12.3. The summed E-state index contributed by atoms with van der Waals surface area (Å²) in [6, 6.07) is 4.78. The maximum absolute atomic E-state index is 12.1. The molecule has 29 heavy (non-hydrogen) atoms. The molecule has 0 aromatic carbocycles. The summed E-state index contributed by atoms with van der Waals surface area (Å²) in [4.78, 5) is 27.6. The molecular weight excluding hydrogens is 364 g/mol. The van der Waals surface area contributed by atoms with Gasteiger partial charge in [-0.1, -0.05) is 96.5 Å². The van der Waals surface area contributed by atoms with Crippen LogP contribution < -0.4 is 5.32 Å². The minimum absolute atomic E-state index is 0.150. The molecule has 164 valence electrons. The van der Waals surface area contributed by atoms with Crippen LogP contribution in [0.3, 0.4) is 0 Å². The van der Waals surface area contributed by atoms with E-state index in [2.05, 4.69) is 22.0 Å². The second kappa shape index (κ2) is 17.0. The van der Waals surface area contributed by atoms with Crippen molar-refractivity contribution >= 4 is 11.9 Å². The van der Waals surface area contributed by atoms with Gasteiger partial charge in [-0.15, -0.1) is 0 Å². The van der Waals surface area contributed by atoms with Crippen LogP contribution in [-0.4, -0.2) is 30.5 Å². The van der Waals surface area contributed by atoms with Crippen molar-refractivity contribution in [1.82, 2.24) is 10.3 Å². The van der Waals surface area contributed by atoms with Crippen molar-refractivity contribution in [2.24, 2.45) is 0 Å². The predicted octanol–water partition coefficient (Wildman–Crippen LogP) is 6.08. The molecule has 0 saturated heterocycles. The second-order valence-corrected chi connectivity index (χ2v) is 7.75. The maximum Gasteiger partial charge on any atom is 0.356 e. The lowest BCUT2D eigenvalue weighted by molar-refractivity contribution is 0.0594. The van der Waals surface area contributed by atoms with Crippen molar-refractivity contribution in [2.45, 2.75) is 96.8 Å². The van der Waals surface area contributed by atoms with E-state index >= 15 is 0 Å². The number of nitrogens with zero attached hydrogens (tertiary/aromatic N) is 1. The molecule has 0 radical (unpaired) electrons. The summed E-state index contributed by atoms with van der Waals surface area (Å²) in [6.07, 6.45) is 18.4. The van der Waals surface area contributed by atoms with Crippen LogP contribution in [-0.2, 0) is 4.74 Å². The molecular formula is C24H40N2O3. The van der Waals surface area contributed by atoms with Crippen LogP contribution in [0.1, 0.15) is 118 Å². The Kier molecular flexibility index (Phi) is 14.7. The number of rotatable bonds is 17. The number of pyridine rings is 1. The van der Waals surface area contributed by atoms with E-state index in [9.17, 15) is 9.59 Å². The number of methoxy groups -OCH3 is 1. The topological polar surface area (TPSA) is 68.3 Å². The number of hydrogen-bond acceptors (Lipinski definition) is 4. The lowest BCUT2D eigenvalue weighted by atomic mass is 10.0. The lowest BCUT2D eigenvalue weighted by Gasteiger charge is -2.06. The maximum atomic E-state index is 12.1. The predicted molar refractivity (Wildman–Crippen MR) is 118 cm³/mol. The van der Waals surface area contributed by atoms with Gasteiger partial charge in [0.2, 0.25) is 0 Å². The Morgan fingerprint density at radius 2 is 1.28 bits per heavy atom. The molecule has 0 aliphatic carbocycles. The number of esters is 1. The van der Waals surface area contributed by atoms with Crippen LogP contribution in [0.15, 0.2) is 18.2 Å². The molecule has 5 heteroatoms. The largest absolute Gasteiger partial charge is 0.464 e. The fourth-order valence-electron chi connectivity index (χ4n) is 3.39. The van der Waals surface area contributed by atoms with Gasteiger partial charge in [-0.05, 0) is 18.6 Å². The fraction of sp³-hybridized carbons (Fsp3) is 0.708. The van der Waals surface area contributed by atoms with E-state index < -0.39 is 5.97 Å². The summed E-state index contributed by atoms with van der Waals surface area (Å²) < 4.78 is 4.63. The van der Waals surface area contributed by atoms with Gasteiger partial charge >= 0.3 is 5.97 Å². The smallest absolute Gasteiger partial charge is 0.356 e. The number of ether oxygens (including phenoxy) is 1. The molecule has 0 saturated carbocycles. The van der Waals surface area contributed by atoms with Gasteiger partial charge in [0.15, 0.2) is 0 Å². The molecule has 0 aliphatic heterocycles. The van der Waals surface area contributed by atoms with Crippen molar-refractivity contribution in [3.63, 3.8) is 0 Å². The van der Waals surface area contributed by atoms with Crippen molar-refractivity contribution in [3.8, 4) is 0 Å². The summed E-state index contributed by atoms with van der Waals surface area (Å²) in [5.74, 6) is -0.780. The van der Waals surface area contributed by atoms with Gasteiger partial charge < -0.3 is 10.1 Å². The van der Waals surface area contributed by atoms with Crippen LogP contribution in [0.2, 0.25) is 0 Å². The molecule has 1 aromatic heterocycles. The number of unbranched alkanes of at least 4 members (excludes halogenated alkanes) is 13. The first kappa shape index (κ1) is 25.1.